The van der Waals surface area contributed by atoms with Gasteiger partial charge in [0.25, 0.3) is 15.9 Å². The van der Waals surface area contributed by atoms with Crippen LogP contribution in [0.1, 0.15) is 22.8 Å². The molecule has 1 N–H and O–H groups in total. The van der Waals surface area contributed by atoms with Crippen LogP contribution in [0.25, 0.3) is 11.1 Å². The van der Waals surface area contributed by atoms with Crippen molar-refractivity contribution in [1.29, 1.82) is 0 Å². The first-order valence-electron chi connectivity index (χ1n) is 8.30. The van der Waals surface area contributed by atoms with E-state index in [1.807, 2.05) is 13.8 Å². The monoisotopic (exact) mass is 374 g/mol. The molecule has 1 amide bonds. The Kier molecular flexibility index (Phi) is 4.77. The van der Waals surface area contributed by atoms with E-state index in [0.29, 0.717) is 23.4 Å². The highest BCUT2D eigenvalue weighted by Crippen LogP contribution is 2.44. The SMILES string of the molecule is COC[C@H](C)NC(=O)c1cc(C)c2c(c1)-c1ccccc1S(=O)(=O)N2C. The maximum atomic E-state index is 12.8. The zero-order chi connectivity index (χ0) is 19.1. The van der Waals surface area contributed by atoms with E-state index >= 15 is 0 Å². The fraction of sp³-hybridized carbons (Fsp3) is 0.316. The number of ether oxygens (including phenoxy) is 1. The van der Waals surface area contributed by atoms with Gasteiger partial charge in [-0.3, -0.25) is 9.10 Å². The Hall–Kier alpha value is -2.38. The van der Waals surface area contributed by atoms with E-state index in [9.17, 15) is 13.2 Å². The number of anilines is 1. The summed E-state index contributed by atoms with van der Waals surface area (Å²) in [5.74, 6) is -0.214. The highest BCUT2D eigenvalue weighted by Gasteiger charge is 2.33. The predicted octanol–water partition coefficient (Wildman–Crippen LogP) is 2.57. The van der Waals surface area contributed by atoms with Crippen LogP contribution in [0.5, 0.6) is 0 Å². The molecule has 1 aliphatic rings. The van der Waals surface area contributed by atoms with Gasteiger partial charge < -0.3 is 10.1 Å². The Balaban J connectivity index is 2.13. The van der Waals surface area contributed by atoms with Crippen molar-refractivity contribution in [3.05, 3.63) is 47.5 Å². The number of sulfonamides is 1. The van der Waals surface area contributed by atoms with Crippen molar-refractivity contribution in [2.45, 2.75) is 24.8 Å². The smallest absolute Gasteiger partial charge is 0.264 e. The molecule has 0 fully saturated rings. The maximum Gasteiger partial charge on any atom is 0.264 e. The fourth-order valence-corrected chi connectivity index (χ4v) is 4.80. The minimum absolute atomic E-state index is 0.126. The third-order valence-electron chi connectivity index (χ3n) is 4.49. The molecule has 0 saturated carbocycles. The summed E-state index contributed by atoms with van der Waals surface area (Å²) < 4.78 is 31.9. The Bertz CT molecular complexity index is 969. The minimum atomic E-state index is -3.60. The van der Waals surface area contributed by atoms with E-state index in [-0.39, 0.29) is 16.8 Å². The molecule has 0 radical (unpaired) electrons. The standard InChI is InChI=1S/C19H22N2O4S/c1-12-9-14(19(22)20-13(2)11-25-4)10-16-15-7-5-6-8-17(15)26(23,24)21(3)18(12)16/h5-10,13H,11H2,1-4H3,(H,20,22)/t13-/m0/s1. The van der Waals surface area contributed by atoms with Gasteiger partial charge in [-0.1, -0.05) is 18.2 Å². The van der Waals surface area contributed by atoms with Gasteiger partial charge in [-0.05, 0) is 37.6 Å². The quantitative estimate of drug-likeness (QED) is 0.892. The van der Waals surface area contributed by atoms with Crippen LogP contribution in [0, 0.1) is 6.92 Å². The van der Waals surface area contributed by atoms with Gasteiger partial charge in [0.15, 0.2) is 0 Å². The van der Waals surface area contributed by atoms with Crippen LogP contribution >= 0.6 is 0 Å². The lowest BCUT2D eigenvalue weighted by molar-refractivity contribution is 0.0905. The largest absolute Gasteiger partial charge is 0.383 e. The van der Waals surface area contributed by atoms with E-state index < -0.39 is 10.0 Å². The molecule has 1 heterocycles. The molecule has 0 aliphatic carbocycles. The van der Waals surface area contributed by atoms with Crippen molar-refractivity contribution in [2.24, 2.45) is 0 Å². The molecule has 0 unspecified atom stereocenters. The Morgan fingerprint density at radius 3 is 2.62 bits per heavy atom. The molecule has 2 aromatic carbocycles. The van der Waals surface area contributed by atoms with Crippen LogP contribution in [0.3, 0.4) is 0 Å². The summed E-state index contributed by atoms with van der Waals surface area (Å²) >= 11 is 0. The molecule has 138 valence electrons. The number of carbonyl (C=O) groups excluding carboxylic acids is 1. The van der Waals surface area contributed by atoms with Crippen LogP contribution < -0.4 is 9.62 Å². The third kappa shape index (κ3) is 2.97. The molecule has 7 heteroatoms. The highest BCUT2D eigenvalue weighted by atomic mass is 32.2. The normalized spacial score (nSPS) is 15.8. The summed E-state index contributed by atoms with van der Waals surface area (Å²) in [6.45, 7) is 4.09. The van der Waals surface area contributed by atoms with E-state index in [2.05, 4.69) is 5.32 Å². The summed E-state index contributed by atoms with van der Waals surface area (Å²) in [4.78, 5) is 12.8. The maximum absolute atomic E-state index is 12.8. The molecular weight excluding hydrogens is 352 g/mol. The number of hydrogen-bond acceptors (Lipinski definition) is 4. The van der Waals surface area contributed by atoms with Crippen LogP contribution in [0.2, 0.25) is 0 Å². The molecule has 26 heavy (non-hydrogen) atoms. The Morgan fingerprint density at radius 2 is 1.92 bits per heavy atom. The van der Waals surface area contributed by atoms with Gasteiger partial charge in [0.2, 0.25) is 0 Å². The first-order valence-corrected chi connectivity index (χ1v) is 9.74. The number of amides is 1. The van der Waals surface area contributed by atoms with Gasteiger partial charge in [-0.15, -0.1) is 0 Å². The van der Waals surface area contributed by atoms with Crippen molar-refractivity contribution in [3.8, 4) is 11.1 Å². The lowest BCUT2D eigenvalue weighted by atomic mass is 9.96. The highest BCUT2D eigenvalue weighted by molar-refractivity contribution is 7.93. The molecule has 0 bridgehead atoms. The van der Waals surface area contributed by atoms with E-state index in [1.165, 1.54) is 11.4 Å². The second kappa shape index (κ2) is 6.74. The molecule has 0 spiro atoms. The average Bonchev–Trinajstić information content (AvgIpc) is 2.59. The number of nitrogens with one attached hydrogen (secondary N) is 1. The van der Waals surface area contributed by atoms with Gasteiger partial charge in [0.1, 0.15) is 0 Å². The van der Waals surface area contributed by atoms with Crippen molar-refractivity contribution in [3.63, 3.8) is 0 Å². The zero-order valence-corrected chi connectivity index (χ0v) is 16.1. The van der Waals surface area contributed by atoms with Gasteiger partial charge in [0, 0.05) is 36.9 Å². The number of fused-ring (bicyclic) bond motifs is 3. The Labute approximate surface area is 153 Å². The second-order valence-corrected chi connectivity index (χ2v) is 8.43. The summed E-state index contributed by atoms with van der Waals surface area (Å²) in [5.41, 5.74) is 3.18. The van der Waals surface area contributed by atoms with Gasteiger partial charge in [-0.25, -0.2) is 8.42 Å². The Morgan fingerprint density at radius 1 is 1.23 bits per heavy atom. The fourth-order valence-electron chi connectivity index (χ4n) is 3.31. The lowest BCUT2D eigenvalue weighted by Crippen LogP contribution is -2.36. The number of aryl methyl sites for hydroxylation is 1. The average molecular weight is 374 g/mol. The summed E-state index contributed by atoms with van der Waals surface area (Å²) in [5, 5.41) is 2.89. The zero-order valence-electron chi connectivity index (χ0n) is 15.2. The number of nitrogens with zero attached hydrogens (tertiary/aromatic N) is 1. The van der Waals surface area contributed by atoms with E-state index in [4.69, 9.17) is 4.74 Å². The van der Waals surface area contributed by atoms with Crippen LogP contribution in [-0.4, -0.2) is 41.1 Å². The molecule has 6 nitrogen and oxygen atoms in total. The van der Waals surface area contributed by atoms with E-state index in [1.54, 1.807) is 43.5 Å². The summed E-state index contributed by atoms with van der Waals surface area (Å²) in [7, 11) is -0.478. The summed E-state index contributed by atoms with van der Waals surface area (Å²) in [6, 6.07) is 10.2. The van der Waals surface area contributed by atoms with Crippen LogP contribution in [0.15, 0.2) is 41.3 Å². The summed E-state index contributed by atoms with van der Waals surface area (Å²) in [6.07, 6.45) is 0. The van der Waals surface area contributed by atoms with Crippen molar-refractivity contribution < 1.29 is 17.9 Å². The molecular formula is C19H22N2O4S. The molecule has 0 saturated heterocycles. The number of rotatable bonds is 4. The van der Waals surface area contributed by atoms with Crippen molar-refractivity contribution in [2.75, 3.05) is 25.1 Å². The molecule has 1 aliphatic heterocycles. The van der Waals surface area contributed by atoms with E-state index in [0.717, 1.165) is 11.1 Å². The van der Waals surface area contributed by atoms with Crippen molar-refractivity contribution >= 4 is 21.6 Å². The molecule has 0 aromatic heterocycles. The number of hydrogen-bond donors (Lipinski definition) is 1. The number of methoxy groups -OCH3 is 1. The second-order valence-electron chi connectivity index (χ2n) is 6.49. The predicted molar refractivity (Wildman–Crippen MR) is 101 cm³/mol. The van der Waals surface area contributed by atoms with Gasteiger partial charge >= 0.3 is 0 Å². The topological polar surface area (TPSA) is 75.7 Å². The van der Waals surface area contributed by atoms with Crippen molar-refractivity contribution in [1.82, 2.24) is 5.32 Å². The first kappa shape index (κ1) is 18.4. The first-order chi connectivity index (χ1) is 12.3. The third-order valence-corrected chi connectivity index (χ3v) is 6.30. The molecule has 3 rings (SSSR count). The number of benzene rings is 2. The van der Waals surface area contributed by atoms with Gasteiger partial charge in [0.05, 0.1) is 17.2 Å². The number of carbonyl (C=O) groups is 1. The van der Waals surface area contributed by atoms with Gasteiger partial charge in [-0.2, -0.15) is 0 Å². The van der Waals surface area contributed by atoms with Crippen LogP contribution in [-0.2, 0) is 14.8 Å². The lowest BCUT2D eigenvalue weighted by Gasteiger charge is -2.31. The molecule has 2 aromatic rings. The minimum Gasteiger partial charge on any atom is -0.383 e. The molecule has 1 atom stereocenters. The van der Waals surface area contributed by atoms with Crippen LogP contribution in [0.4, 0.5) is 5.69 Å².